The number of imidazole rings is 3. The normalized spacial score (nSPS) is 12.7. The van der Waals surface area contributed by atoms with Crippen LogP contribution in [0.4, 0.5) is 38.5 Å². The number of nitrogens with one attached hydrogen (secondary N) is 7. The Kier molecular flexibility index (Phi) is 14.1. The van der Waals surface area contributed by atoms with Crippen LogP contribution < -0.4 is 35.0 Å². The molecule has 0 unspecified atom stereocenters. The molecule has 3 heterocycles. The predicted molar refractivity (Wildman–Crippen MR) is 272 cm³/mol. The van der Waals surface area contributed by atoms with E-state index in [4.69, 9.17) is 31.6 Å². The maximum atomic E-state index is 12.8. The number of fused-ring (bicyclic) bond motifs is 2. The summed E-state index contributed by atoms with van der Waals surface area (Å²) in [7, 11) is -8.10. The summed E-state index contributed by atoms with van der Waals surface area (Å²) in [6, 6.07) is 34.8. The van der Waals surface area contributed by atoms with Crippen LogP contribution in [0.15, 0.2) is 162 Å². The first-order valence-electron chi connectivity index (χ1n) is 21.7. The van der Waals surface area contributed by atoms with Crippen molar-refractivity contribution >= 4 is 107 Å². The molecule has 0 spiro atoms. The number of aromatic amines is 2. The number of H-pyrrole nitrogens is 2. The molecular formula is C48H41Cl2N11O8S2. The second-order valence-corrected chi connectivity index (χ2v) is 19.9. The first kappa shape index (κ1) is 47.9. The third kappa shape index (κ3) is 12.4. The van der Waals surface area contributed by atoms with E-state index in [9.17, 15) is 26.4 Å². The van der Waals surface area contributed by atoms with Gasteiger partial charge in [-0.3, -0.25) is 10.6 Å². The molecular weight excluding hydrogens is 994 g/mol. The van der Waals surface area contributed by atoms with E-state index >= 15 is 0 Å². The van der Waals surface area contributed by atoms with Gasteiger partial charge >= 0.3 is 32.3 Å². The highest BCUT2D eigenvalue weighted by Gasteiger charge is 2.21. The molecule has 23 heteroatoms. The first-order chi connectivity index (χ1) is 34.2. The molecule has 1 fully saturated rings. The molecule has 362 valence electrons. The minimum absolute atomic E-state index is 0.00327. The van der Waals surface area contributed by atoms with Crippen LogP contribution in [0, 0.1) is 0 Å². The lowest BCUT2D eigenvalue weighted by molar-refractivity contribution is 0.261. The molecule has 9 aromatic rings. The summed E-state index contributed by atoms with van der Waals surface area (Å²) in [5.41, 5.74) is 4.71. The fraction of sp³-hybridized carbons (Fsp3) is 0.104. The van der Waals surface area contributed by atoms with Gasteiger partial charge < -0.3 is 38.9 Å². The van der Waals surface area contributed by atoms with Crippen LogP contribution in [-0.4, -0.2) is 64.4 Å². The van der Waals surface area contributed by atoms with Gasteiger partial charge in [-0.05, 0) is 122 Å². The Hall–Kier alpha value is -8.11. The predicted octanol–water partition coefficient (Wildman–Crippen LogP) is 10.8. The minimum Gasteiger partial charge on any atom is -0.382 e. The van der Waals surface area contributed by atoms with E-state index in [1.807, 2.05) is 0 Å². The van der Waals surface area contributed by atoms with E-state index in [0.29, 0.717) is 49.5 Å². The highest BCUT2D eigenvalue weighted by molar-refractivity contribution is 7.87. The van der Waals surface area contributed by atoms with Crippen molar-refractivity contribution in [2.24, 2.45) is 0 Å². The van der Waals surface area contributed by atoms with E-state index < -0.39 is 32.3 Å². The van der Waals surface area contributed by atoms with Crippen LogP contribution in [0.25, 0.3) is 27.8 Å². The van der Waals surface area contributed by atoms with Gasteiger partial charge in [0.15, 0.2) is 0 Å². The lowest BCUT2D eigenvalue weighted by Crippen LogP contribution is -2.20. The Morgan fingerprint density at radius 2 is 1.08 bits per heavy atom. The topological polar surface area (TPSA) is 256 Å². The molecule has 3 aromatic heterocycles. The summed E-state index contributed by atoms with van der Waals surface area (Å²) in [6.07, 6.45) is 9.68. The second-order valence-electron chi connectivity index (χ2n) is 15.9. The van der Waals surface area contributed by atoms with Crippen LogP contribution in [-0.2, 0) is 20.2 Å². The number of carbonyl (C=O) groups is 2. The number of carbonyl (C=O) groups excluding carboxylic acids is 2. The number of urea groups is 2. The minimum atomic E-state index is -4.07. The molecule has 19 nitrogen and oxygen atoms in total. The van der Waals surface area contributed by atoms with E-state index in [0.717, 1.165) is 24.2 Å². The van der Waals surface area contributed by atoms with Gasteiger partial charge in [0.05, 0.1) is 28.4 Å². The standard InChI is InChI=1S/C25H24ClN5O4S.C23H17ClN6O4S/c26-16-4-3-7-19(14-16)28-25(32)31-24-29-22-13-10-20(15-23(22)30-24)35-36(33,34)21-11-8-18(9-12-21)27-17-5-1-2-6-17;24-15-2-1-3-16(12-15)26-23(31)29-22-27-20-9-6-18(13-21(20)28-22)34-35(32,33)19-7-4-17(5-8-19)30-11-10-25-14-30/h3-4,7-15,17,27H,1-2,5-6H2,(H3,28,29,30,31,32);1-14H,(H3,26,27,28,29,31). The van der Waals surface area contributed by atoms with Crippen LogP contribution in [0.3, 0.4) is 0 Å². The zero-order chi connectivity index (χ0) is 49.5. The van der Waals surface area contributed by atoms with Crippen LogP contribution in [0.1, 0.15) is 25.7 Å². The van der Waals surface area contributed by atoms with Gasteiger partial charge in [0.25, 0.3) is 0 Å². The van der Waals surface area contributed by atoms with Crippen LogP contribution >= 0.6 is 23.2 Å². The fourth-order valence-electron chi connectivity index (χ4n) is 7.44. The highest BCUT2D eigenvalue weighted by Crippen LogP contribution is 2.28. The number of rotatable bonds is 13. The van der Waals surface area contributed by atoms with E-state index in [1.165, 1.54) is 61.4 Å². The lowest BCUT2D eigenvalue weighted by atomic mass is 10.2. The Balaban J connectivity index is 0.000000176. The largest absolute Gasteiger partial charge is 0.382 e. The Bertz CT molecular complexity index is 3590. The van der Waals surface area contributed by atoms with Crippen LogP contribution in [0.2, 0.25) is 10.0 Å². The molecule has 4 amide bonds. The van der Waals surface area contributed by atoms with Gasteiger partial charge in [-0.15, -0.1) is 0 Å². The molecule has 6 aromatic carbocycles. The Morgan fingerprint density at radius 3 is 1.55 bits per heavy atom. The number of nitrogens with zero attached hydrogens (tertiary/aromatic N) is 4. The van der Waals surface area contributed by atoms with E-state index in [-0.39, 0.29) is 33.2 Å². The number of benzene rings is 6. The van der Waals surface area contributed by atoms with Crippen molar-refractivity contribution < 1.29 is 34.8 Å². The molecule has 0 aliphatic heterocycles. The van der Waals surface area contributed by atoms with Gasteiger partial charge in [-0.25, -0.2) is 24.5 Å². The van der Waals surface area contributed by atoms with Crippen molar-refractivity contribution in [2.45, 2.75) is 41.5 Å². The number of hydrogen-bond donors (Lipinski definition) is 7. The van der Waals surface area contributed by atoms with Crippen molar-refractivity contribution in [1.29, 1.82) is 0 Å². The molecule has 1 aliphatic carbocycles. The second kappa shape index (κ2) is 20.9. The molecule has 0 bridgehead atoms. The maximum Gasteiger partial charge on any atom is 0.339 e. The summed E-state index contributed by atoms with van der Waals surface area (Å²) in [5, 5.41) is 14.9. The van der Waals surface area contributed by atoms with Crippen molar-refractivity contribution in [3.05, 3.63) is 162 Å². The highest BCUT2D eigenvalue weighted by atomic mass is 35.5. The fourth-order valence-corrected chi connectivity index (χ4v) is 9.66. The van der Waals surface area contributed by atoms with Gasteiger partial charge in [0, 0.05) is 63.4 Å². The van der Waals surface area contributed by atoms with Gasteiger partial charge in [-0.2, -0.15) is 16.8 Å². The molecule has 10 rings (SSSR count). The zero-order valence-corrected chi connectivity index (χ0v) is 40.1. The van der Waals surface area contributed by atoms with Crippen LogP contribution in [0.5, 0.6) is 11.5 Å². The van der Waals surface area contributed by atoms with Crippen molar-refractivity contribution in [1.82, 2.24) is 29.5 Å². The number of aromatic nitrogens is 6. The summed E-state index contributed by atoms with van der Waals surface area (Å²) < 4.78 is 63.5. The van der Waals surface area contributed by atoms with E-state index in [1.54, 1.807) is 108 Å². The van der Waals surface area contributed by atoms with Gasteiger partial charge in [0.2, 0.25) is 11.9 Å². The van der Waals surface area contributed by atoms with Gasteiger partial charge in [0.1, 0.15) is 21.3 Å². The quantitative estimate of drug-likeness (QED) is 0.0532. The van der Waals surface area contributed by atoms with Crippen molar-refractivity contribution in [2.75, 3.05) is 26.6 Å². The summed E-state index contributed by atoms with van der Waals surface area (Å²) in [6.45, 7) is 0. The maximum absolute atomic E-state index is 12.8. The molecule has 1 aliphatic rings. The first-order valence-corrected chi connectivity index (χ1v) is 25.3. The molecule has 1 saturated carbocycles. The molecule has 0 atom stereocenters. The summed E-state index contributed by atoms with van der Waals surface area (Å²) in [4.78, 5) is 43.0. The third-order valence-electron chi connectivity index (χ3n) is 10.7. The number of halogens is 2. The molecule has 0 radical (unpaired) electrons. The molecule has 0 saturated heterocycles. The number of amides is 4. The van der Waals surface area contributed by atoms with E-state index in [2.05, 4.69) is 51.5 Å². The van der Waals surface area contributed by atoms with Crippen molar-refractivity contribution in [3.63, 3.8) is 0 Å². The zero-order valence-electron chi connectivity index (χ0n) is 37.0. The van der Waals surface area contributed by atoms with Gasteiger partial charge in [-0.1, -0.05) is 48.2 Å². The number of hydrogen-bond acceptors (Lipinski definition) is 12. The molecule has 71 heavy (non-hydrogen) atoms. The molecule has 7 N–H and O–H groups in total. The third-order valence-corrected chi connectivity index (χ3v) is 13.7. The lowest BCUT2D eigenvalue weighted by Gasteiger charge is -2.14. The average Bonchev–Trinajstić information content (AvgIpc) is 4.18. The number of anilines is 5. The Morgan fingerprint density at radius 1 is 0.592 bits per heavy atom. The average molecular weight is 1030 g/mol. The SMILES string of the molecule is O=C(Nc1cccc(Cl)c1)Nc1nc2cc(OS(=O)(=O)c3ccc(-n4ccnc4)cc3)ccc2[nH]1.O=C(Nc1cccc(Cl)c1)Nc1nc2cc(OS(=O)(=O)c3ccc(NC4CCCC4)cc3)ccc2[nH]1. The summed E-state index contributed by atoms with van der Waals surface area (Å²) >= 11 is 11.9. The smallest absolute Gasteiger partial charge is 0.339 e. The monoisotopic (exact) mass is 1030 g/mol. The van der Waals surface area contributed by atoms with Crippen molar-refractivity contribution in [3.8, 4) is 17.2 Å². The summed E-state index contributed by atoms with van der Waals surface area (Å²) in [5.74, 6) is 0.555. The Labute approximate surface area is 416 Å².